The molecule has 1 amide bonds. The summed E-state index contributed by atoms with van der Waals surface area (Å²) in [5.74, 6) is -0.624. The Bertz CT molecular complexity index is 443. The van der Waals surface area contributed by atoms with Crippen LogP contribution in [-0.2, 0) is 0 Å². The number of rotatable bonds is 4. The molecule has 0 unspecified atom stereocenters. The Kier molecular flexibility index (Phi) is 5.85. The fourth-order valence-corrected chi connectivity index (χ4v) is 2.89. The first-order valence-corrected chi connectivity index (χ1v) is 7.13. The van der Waals surface area contributed by atoms with Crippen molar-refractivity contribution >= 4 is 37.8 Å². The molecule has 0 saturated heterocycles. The third-order valence-electron chi connectivity index (χ3n) is 2.26. The zero-order valence-electron chi connectivity index (χ0n) is 10.1. The van der Waals surface area contributed by atoms with Gasteiger partial charge in [0.15, 0.2) is 0 Å². The Hall–Kier alpha value is -0.560. The lowest BCUT2D eigenvalue weighted by Gasteiger charge is -2.23. The van der Waals surface area contributed by atoms with E-state index in [1.54, 1.807) is 13.0 Å². The minimum absolute atomic E-state index is 0.0719. The van der Waals surface area contributed by atoms with Crippen molar-refractivity contribution in [2.24, 2.45) is 0 Å². The number of carbonyl (C=O) groups excluding carboxylic acids is 1. The SMILES string of the molecule is CCCN(CC(F)(F)F)C(=O)c1cc(Br)cc(Br)c1. The van der Waals surface area contributed by atoms with E-state index in [2.05, 4.69) is 31.9 Å². The predicted octanol–water partition coefficient (Wildman–Crippen LogP) is 4.63. The van der Waals surface area contributed by atoms with E-state index in [1.807, 2.05) is 0 Å². The second-order valence-electron chi connectivity index (χ2n) is 4.00. The van der Waals surface area contributed by atoms with E-state index in [1.165, 1.54) is 12.1 Å². The number of alkyl halides is 3. The lowest BCUT2D eigenvalue weighted by molar-refractivity contribution is -0.140. The molecule has 1 rings (SSSR count). The Labute approximate surface area is 126 Å². The van der Waals surface area contributed by atoms with Crippen molar-refractivity contribution in [1.82, 2.24) is 4.90 Å². The summed E-state index contributed by atoms with van der Waals surface area (Å²) >= 11 is 6.42. The van der Waals surface area contributed by atoms with Crippen LogP contribution in [0.5, 0.6) is 0 Å². The molecule has 1 aromatic carbocycles. The lowest BCUT2D eigenvalue weighted by atomic mass is 10.2. The van der Waals surface area contributed by atoms with Gasteiger partial charge in [0.1, 0.15) is 6.54 Å². The van der Waals surface area contributed by atoms with Crippen molar-refractivity contribution in [3.63, 3.8) is 0 Å². The van der Waals surface area contributed by atoms with E-state index in [9.17, 15) is 18.0 Å². The van der Waals surface area contributed by atoms with Crippen LogP contribution < -0.4 is 0 Å². The van der Waals surface area contributed by atoms with E-state index in [4.69, 9.17) is 0 Å². The third-order valence-corrected chi connectivity index (χ3v) is 3.18. The highest BCUT2D eigenvalue weighted by molar-refractivity contribution is 9.11. The molecule has 0 aliphatic rings. The topological polar surface area (TPSA) is 20.3 Å². The average Bonchev–Trinajstić information content (AvgIpc) is 2.24. The van der Waals surface area contributed by atoms with Crippen LogP contribution in [0.25, 0.3) is 0 Å². The van der Waals surface area contributed by atoms with Crippen molar-refractivity contribution in [2.75, 3.05) is 13.1 Å². The van der Waals surface area contributed by atoms with Crippen LogP contribution >= 0.6 is 31.9 Å². The Morgan fingerprint density at radius 1 is 1.21 bits per heavy atom. The van der Waals surface area contributed by atoms with Crippen LogP contribution in [0, 0.1) is 0 Å². The summed E-state index contributed by atoms with van der Waals surface area (Å²) in [7, 11) is 0. The summed E-state index contributed by atoms with van der Waals surface area (Å²) < 4.78 is 38.6. The van der Waals surface area contributed by atoms with Crippen molar-refractivity contribution in [3.05, 3.63) is 32.7 Å². The van der Waals surface area contributed by atoms with Crippen molar-refractivity contribution in [2.45, 2.75) is 19.5 Å². The molecule has 1 aromatic rings. The maximum Gasteiger partial charge on any atom is 0.406 e. The quantitative estimate of drug-likeness (QED) is 0.719. The normalized spacial score (nSPS) is 11.5. The molecule has 0 atom stereocenters. The van der Waals surface area contributed by atoms with Gasteiger partial charge >= 0.3 is 6.18 Å². The van der Waals surface area contributed by atoms with Gasteiger partial charge in [0.25, 0.3) is 5.91 Å². The Morgan fingerprint density at radius 3 is 2.16 bits per heavy atom. The highest BCUT2D eigenvalue weighted by Gasteiger charge is 2.33. The van der Waals surface area contributed by atoms with Gasteiger partial charge in [0, 0.05) is 21.1 Å². The number of hydrogen-bond acceptors (Lipinski definition) is 1. The summed E-state index contributed by atoms with van der Waals surface area (Å²) in [6.45, 7) is 0.569. The fourth-order valence-electron chi connectivity index (χ4n) is 1.60. The van der Waals surface area contributed by atoms with E-state index in [0.717, 1.165) is 4.90 Å². The van der Waals surface area contributed by atoms with E-state index in [-0.39, 0.29) is 12.1 Å². The molecule has 106 valence electrons. The van der Waals surface area contributed by atoms with E-state index < -0.39 is 18.6 Å². The summed E-state index contributed by atoms with van der Waals surface area (Å²) in [5, 5.41) is 0. The van der Waals surface area contributed by atoms with Gasteiger partial charge in [-0.05, 0) is 24.6 Å². The highest BCUT2D eigenvalue weighted by atomic mass is 79.9. The van der Waals surface area contributed by atoms with Crippen molar-refractivity contribution in [1.29, 1.82) is 0 Å². The molecule has 0 spiro atoms. The molecule has 0 saturated carbocycles. The average molecular weight is 403 g/mol. The molecule has 19 heavy (non-hydrogen) atoms. The number of hydrogen-bond donors (Lipinski definition) is 0. The summed E-state index contributed by atoms with van der Waals surface area (Å²) in [6.07, 6.45) is -3.93. The molecule has 0 bridgehead atoms. The van der Waals surface area contributed by atoms with Crippen LogP contribution in [0.4, 0.5) is 13.2 Å². The number of carbonyl (C=O) groups is 1. The van der Waals surface area contributed by atoms with Crippen molar-refractivity contribution in [3.8, 4) is 0 Å². The van der Waals surface area contributed by atoms with E-state index >= 15 is 0 Å². The molecule has 0 aliphatic heterocycles. The molecular weight excluding hydrogens is 391 g/mol. The van der Waals surface area contributed by atoms with Gasteiger partial charge in [0.05, 0.1) is 0 Å². The smallest absolute Gasteiger partial charge is 0.330 e. The molecule has 0 N–H and O–H groups in total. The molecule has 0 fully saturated rings. The van der Waals surface area contributed by atoms with Gasteiger partial charge in [0.2, 0.25) is 0 Å². The maximum absolute atomic E-state index is 12.5. The maximum atomic E-state index is 12.5. The first kappa shape index (κ1) is 16.5. The summed E-state index contributed by atoms with van der Waals surface area (Å²) in [4.78, 5) is 12.9. The van der Waals surface area contributed by atoms with Crippen molar-refractivity contribution < 1.29 is 18.0 Å². The van der Waals surface area contributed by atoms with Crippen LogP contribution in [-0.4, -0.2) is 30.1 Å². The Balaban J connectivity index is 2.98. The van der Waals surface area contributed by atoms with Crippen LogP contribution in [0.3, 0.4) is 0 Å². The van der Waals surface area contributed by atoms with E-state index in [0.29, 0.717) is 15.4 Å². The van der Waals surface area contributed by atoms with Gasteiger partial charge in [-0.3, -0.25) is 4.79 Å². The largest absolute Gasteiger partial charge is 0.406 e. The molecular formula is C12H12Br2F3NO. The molecule has 7 heteroatoms. The predicted molar refractivity (Wildman–Crippen MR) is 74.1 cm³/mol. The van der Waals surface area contributed by atoms with Gasteiger partial charge in [-0.25, -0.2) is 0 Å². The summed E-state index contributed by atoms with van der Waals surface area (Å²) in [5.41, 5.74) is 0.221. The minimum Gasteiger partial charge on any atom is -0.330 e. The first-order valence-electron chi connectivity index (χ1n) is 5.55. The number of amides is 1. The highest BCUT2D eigenvalue weighted by Crippen LogP contribution is 2.23. The number of benzene rings is 1. The fraction of sp³-hybridized carbons (Fsp3) is 0.417. The molecule has 2 nitrogen and oxygen atoms in total. The van der Waals surface area contributed by atoms with Crippen LogP contribution in [0.15, 0.2) is 27.1 Å². The van der Waals surface area contributed by atoms with Gasteiger partial charge in [-0.1, -0.05) is 38.8 Å². The number of nitrogens with zero attached hydrogens (tertiary/aromatic N) is 1. The summed E-state index contributed by atoms with van der Waals surface area (Å²) in [6, 6.07) is 4.73. The molecule has 0 heterocycles. The second kappa shape index (κ2) is 6.74. The van der Waals surface area contributed by atoms with Crippen LogP contribution in [0.1, 0.15) is 23.7 Å². The second-order valence-corrected chi connectivity index (χ2v) is 5.83. The van der Waals surface area contributed by atoms with Gasteiger partial charge in [-0.15, -0.1) is 0 Å². The number of halogens is 5. The molecule has 0 aromatic heterocycles. The monoisotopic (exact) mass is 401 g/mol. The van der Waals surface area contributed by atoms with Gasteiger partial charge < -0.3 is 4.90 Å². The molecule has 0 aliphatic carbocycles. The standard InChI is InChI=1S/C12H12Br2F3NO/c1-2-3-18(7-12(15,16)17)11(19)8-4-9(13)6-10(14)5-8/h4-6H,2-3,7H2,1H3. The third kappa shape index (κ3) is 5.52. The zero-order chi connectivity index (χ0) is 14.6. The first-order chi connectivity index (χ1) is 8.73. The zero-order valence-corrected chi connectivity index (χ0v) is 13.3. The van der Waals surface area contributed by atoms with Crippen LogP contribution in [0.2, 0.25) is 0 Å². The van der Waals surface area contributed by atoms with Gasteiger partial charge in [-0.2, -0.15) is 13.2 Å². The lowest BCUT2D eigenvalue weighted by Crippen LogP contribution is -2.39. The molecule has 0 radical (unpaired) electrons. The Morgan fingerprint density at radius 2 is 1.74 bits per heavy atom. The minimum atomic E-state index is -4.39.